The standard InChI is InChI=1S/C16H16N2O3S/c1-21-22(19,20)12-14-7-8-15-11-18(17-16(15)9-14)10-13-5-3-2-4-6-13/h2-9,11H,10,12H2,1H3. The van der Waals surface area contributed by atoms with Crippen LogP contribution in [-0.4, -0.2) is 25.3 Å². The highest BCUT2D eigenvalue weighted by atomic mass is 32.2. The number of hydrogen-bond donors (Lipinski definition) is 0. The molecule has 2 aromatic carbocycles. The van der Waals surface area contributed by atoms with Crippen LogP contribution in [0.5, 0.6) is 0 Å². The van der Waals surface area contributed by atoms with Crippen LogP contribution in [0.3, 0.4) is 0 Å². The molecular formula is C16H16N2O3S. The molecule has 0 saturated carbocycles. The van der Waals surface area contributed by atoms with E-state index in [1.54, 1.807) is 12.1 Å². The molecule has 0 aliphatic carbocycles. The Bertz CT molecular complexity index is 886. The molecule has 0 atom stereocenters. The van der Waals surface area contributed by atoms with Gasteiger partial charge in [-0.2, -0.15) is 13.5 Å². The summed E-state index contributed by atoms with van der Waals surface area (Å²) in [6.07, 6.45) is 1.96. The van der Waals surface area contributed by atoms with Crippen molar-refractivity contribution in [2.45, 2.75) is 12.3 Å². The van der Waals surface area contributed by atoms with Crippen molar-refractivity contribution in [2.75, 3.05) is 7.11 Å². The van der Waals surface area contributed by atoms with E-state index in [-0.39, 0.29) is 5.75 Å². The average Bonchev–Trinajstić information content (AvgIpc) is 2.89. The van der Waals surface area contributed by atoms with Gasteiger partial charge in [0.1, 0.15) is 5.75 Å². The van der Waals surface area contributed by atoms with Crippen LogP contribution < -0.4 is 0 Å². The predicted octanol–water partition coefficient (Wildman–Crippen LogP) is 2.56. The average molecular weight is 316 g/mol. The highest BCUT2D eigenvalue weighted by molar-refractivity contribution is 7.85. The van der Waals surface area contributed by atoms with Crippen molar-refractivity contribution in [1.82, 2.24) is 9.78 Å². The van der Waals surface area contributed by atoms with Gasteiger partial charge >= 0.3 is 0 Å². The molecule has 6 heteroatoms. The molecule has 22 heavy (non-hydrogen) atoms. The number of nitrogens with zero attached hydrogens (tertiary/aromatic N) is 2. The van der Waals surface area contributed by atoms with Gasteiger partial charge in [-0.25, -0.2) is 0 Å². The van der Waals surface area contributed by atoms with Crippen LogP contribution in [0.2, 0.25) is 0 Å². The van der Waals surface area contributed by atoms with Crippen molar-refractivity contribution in [1.29, 1.82) is 0 Å². The number of aromatic nitrogens is 2. The first kappa shape index (κ1) is 14.7. The molecule has 0 fully saturated rings. The van der Waals surface area contributed by atoms with Crippen LogP contribution in [0.25, 0.3) is 10.9 Å². The molecule has 0 amide bonds. The zero-order chi connectivity index (χ0) is 15.6. The monoisotopic (exact) mass is 316 g/mol. The maximum absolute atomic E-state index is 11.5. The Balaban J connectivity index is 1.87. The first-order valence-corrected chi connectivity index (χ1v) is 8.42. The van der Waals surface area contributed by atoms with Crippen LogP contribution in [-0.2, 0) is 26.6 Å². The summed E-state index contributed by atoms with van der Waals surface area (Å²) >= 11 is 0. The molecule has 0 radical (unpaired) electrons. The minimum Gasteiger partial charge on any atom is -0.273 e. The van der Waals surface area contributed by atoms with Crippen molar-refractivity contribution in [3.8, 4) is 0 Å². The molecule has 114 valence electrons. The van der Waals surface area contributed by atoms with E-state index >= 15 is 0 Å². The van der Waals surface area contributed by atoms with E-state index in [0.29, 0.717) is 12.1 Å². The minimum absolute atomic E-state index is 0.148. The molecule has 0 aliphatic heterocycles. The Morgan fingerprint density at radius 1 is 1.09 bits per heavy atom. The molecule has 1 heterocycles. The van der Waals surface area contributed by atoms with E-state index in [2.05, 4.69) is 9.28 Å². The van der Waals surface area contributed by atoms with Crippen molar-refractivity contribution in [2.24, 2.45) is 0 Å². The molecule has 1 aromatic heterocycles. The zero-order valence-corrected chi connectivity index (χ0v) is 13.0. The molecule has 0 N–H and O–H groups in total. The summed E-state index contributed by atoms with van der Waals surface area (Å²) in [6.45, 7) is 0.682. The lowest BCUT2D eigenvalue weighted by Crippen LogP contribution is -2.05. The van der Waals surface area contributed by atoms with E-state index in [0.717, 1.165) is 16.5 Å². The van der Waals surface area contributed by atoms with E-state index in [4.69, 9.17) is 0 Å². The van der Waals surface area contributed by atoms with Crippen molar-refractivity contribution < 1.29 is 12.6 Å². The van der Waals surface area contributed by atoms with Gasteiger partial charge in [0.05, 0.1) is 19.2 Å². The van der Waals surface area contributed by atoms with Gasteiger partial charge in [0.25, 0.3) is 10.1 Å². The second kappa shape index (κ2) is 5.90. The maximum atomic E-state index is 11.5. The van der Waals surface area contributed by atoms with Crippen LogP contribution in [0.4, 0.5) is 0 Å². The van der Waals surface area contributed by atoms with Crippen LogP contribution in [0.15, 0.2) is 54.7 Å². The number of hydrogen-bond acceptors (Lipinski definition) is 4. The Morgan fingerprint density at radius 2 is 1.86 bits per heavy atom. The van der Waals surface area contributed by atoms with Gasteiger partial charge in [-0.3, -0.25) is 8.86 Å². The second-order valence-electron chi connectivity index (χ2n) is 5.07. The van der Waals surface area contributed by atoms with Gasteiger partial charge in [0.15, 0.2) is 0 Å². The number of benzene rings is 2. The first-order chi connectivity index (χ1) is 10.6. The molecule has 0 saturated heterocycles. The molecule has 3 rings (SSSR count). The van der Waals surface area contributed by atoms with Gasteiger partial charge in [0.2, 0.25) is 0 Å². The summed E-state index contributed by atoms with van der Waals surface area (Å²) in [6, 6.07) is 15.5. The van der Waals surface area contributed by atoms with Crippen molar-refractivity contribution in [3.05, 3.63) is 65.9 Å². The fraction of sp³-hybridized carbons (Fsp3) is 0.188. The highest BCUT2D eigenvalue weighted by Crippen LogP contribution is 2.17. The Morgan fingerprint density at radius 3 is 2.59 bits per heavy atom. The smallest absolute Gasteiger partial charge is 0.271 e. The lowest BCUT2D eigenvalue weighted by atomic mass is 10.2. The number of fused-ring (bicyclic) bond motifs is 1. The van der Waals surface area contributed by atoms with Crippen molar-refractivity contribution in [3.63, 3.8) is 0 Å². The zero-order valence-electron chi connectivity index (χ0n) is 12.1. The van der Waals surface area contributed by atoms with E-state index in [9.17, 15) is 8.42 Å². The molecule has 0 bridgehead atoms. The molecule has 5 nitrogen and oxygen atoms in total. The molecule has 0 spiro atoms. The third kappa shape index (κ3) is 3.35. The van der Waals surface area contributed by atoms with Crippen molar-refractivity contribution >= 4 is 21.0 Å². The second-order valence-corrected chi connectivity index (χ2v) is 6.81. The normalized spacial score (nSPS) is 11.9. The maximum Gasteiger partial charge on any atom is 0.271 e. The Hall–Kier alpha value is -2.18. The largest absolute Gasteiger partial charge is 0.273 e. The van der Waals surface area contributed by atoms with Crippen LogP contribution >= 0.6 is 0 Å². The highest BCUT2D eigenvalue weighted by Gasteiger charge is 2.11. The SMILES string of the molecule is COS(=O)(=O)Cc1ccc2cn(Cc3ccccc3)nc2c1. The third-order valence-corrected chi connectivity index (χ3v) is 4.60. The lowest BCUT2D eigenvalue weighted by molar-refractivity contribution is 0.397. The van der Waals surface area contributed by atoms with E-state index in [1.165, 1.54) is 7.11 Å². The summed E-state index contributed by atoms with van der Waals surface area (Å²) < 4.78 is 29.3. The van der Waals surface area contributed by atoms with E-state index < -0.39 is 10.1 Å². The third-order valence-electron chi connectivity index (χ3n) is 3.40. The lowest BCUT2D eigenvalue weighted by Gasteiger charge is -2.01. The molecule has 0 aliphatic rings. The summed E-state index contributed by atoms with van der Waals surface area (Å²) in [4.78, 5) is 0. The fourth-order valence-electron chi connectivity index (χ4n) is 2.32. The molecule has 0 unspecified atom stereocenters. The fourth-order valence-corrected chi connectivity index (χ4v) is 3.02. The summed E-state index contributed by atoms with van der Waals surface area (Å²) in [5.41, 5.74) is 2.61. The van der Waals surface area contributed by atoms with Crippen LogP contribution in [0, 0.1) is 0 Å². The molecular weight excluding hydrogens is 300 g/mol. The molecule has 3 aromatic rings. The summed E-state index contributed by atoms with van der Waals surface area (Å²) in [7, 11) is -2.35. The summed E-state index contributed by atoms with van der Waals surface area (Å²) in [5, 5.41) is 5.49. The Labute approximate surface area is 129 Å². The van der Waals surface area contributed by atoms with Gasteiger partial charge in [-0.15, -0.1) is 0 Å². The topological polar surface area (TPSA) is 61.2 Å². The predicted molar refractivity (Wildman–Crippen MR) is 84.9 cm³/mol. The van der Waals surface area contributed by atoms with Crippen LogP contribution in [0.1, 0.15) is 11.1 Å². The minimum atomic E-state index is -3.52. The quantitative estimate of drug-likeness (QED) is 0.679. The van der Waals surface area contributed by atoms with Gasteiger partial charge in [-0.1, -0.05) is 42.5 Å². The number of rotatable bonds is 5. The van der Waals surface area contributed by atoms with E-state index in [1.807, 2.05) is 47.3 Å². The Kier molecular flexibility index (Phi) is 3.96. The van der Waals surface area contributed by atoms with Gasteiger partial charge < -0.3 is 0 Å². The first-order valence-electron chi connectivity index (χ1n) is 6.84. The summed E-state index contributed by atoms with van der Waals surface area (Å²) in [5.74, 6) is -0.148. The van der Waals surface area contributed by atoms with Gasteiger partial charge in [-0.05, 0) is 17.2 Å². The van der Waals surface area contributed by atoms with Gasteiger partial charge in [0, 0.05) is 11.6 Å².